The molecule has 2 unspecified atom stereocenters. The molecule has 0 radical (unpaired) electrons. The van der Waals surface area contributed by atoms with Crippen molar-refractivity contribution in [3.63, 3.8) is 0 Å². The fourth-order valence-electron chi connectivity index (χ4n) is 8.35. The maximum absolute atomic E-state index is 13.3. The SMILES string of the molecule is CCCCc1cc2ccccc2c(OCC[N+](C)(C)C2(C(N)=O)C3CC4CC2CC(C(N)=O)(C4)C3)n1. The largest absolute Gasteiger partial charge is 0.471 e. The van der Waals surface area contributed by atoms with E-state index in [9.17, 15) is 9.59 Å². The van der Waals surface area contributed by atoms with Crippen LogP contribution in [0.15, 0.2) is 30.3 Å². The number of unbranched alkanes of at least 4 members (excludes halogenated alkanes) is 1. The summed E-state index contributed by atoms with van der Waals surface area (Å²) in [6, 6.07) is 10.4. The second kappa shape index (κ2) is 9.02. The summed E-state index contributed by atoms with van der Waals surface area (Å²) in [6.07, 6.45) is 7.24. The van der Waals surface area contributed by atoms with Gasteiger partial charge in [0.1, 0.15) is 13.2 Å². The second-order valence-electron chi connectivity index (χ2n) is 12.2. The van der Waals surface area contributed by atoms with Gasteiger partial charge in [-0.1, -0.05) is 31.5 Å². The molecule has 2 atom stereocenters. The number of likely N-dealkylation sites (N-methyl/N-ethyl adjacent to an activating group) is 1. The summed E-state index contributed by atoms with van der Waals surface area (Å²) >= 11 is 0. The van der Waals surface area contributed by atoms with Crippen LogP contribution in [0, 0.1) is 23.2 Å². The van der Waals surface area contributed by atoms with Gasteiger partial charge < -0.3 is 20.7 Å². The third kappa shape index (κ3) is 3.78. The summed E-state index contributed by atoms with van der Waals surface area (Å²) in [7, 11) is 4.22. The minimum Gasteiger partial charge on any atom is -0.471 e. The van der Waals surface area contributed by atoms with Gasteiger partial charge in [-0.3, -0.25) is 9.59 Å². The highest BCUT2D eigenvalue weighted by Crippen LogP contribution is 2.65. The molecule has 1 aromatic heterocycles. The number of carbonyl (C=O) groups is 2. The lowest BCUT2D eigenvalue weighted by Crippen LogP contribution is -2.79. The Kier molecular flexibility index (Phi) is 6.26. The van der Waals surface area contributed by atoms with Crippen molar-refractivity contribution >= 4 is 22.6 Å². The number of carbonyl (C=O) groups excluding carboxylic acids is 2. The van der Waals surface area contributed by atoms with E-state index in [2.05, 4.69) is 33.2 Å². The highest BCUT2D eigenvalue weighted by molar-refractivity contribution is 5.88. The van der Waals surface area contributed by atoms with Gasteiger partial charge in [-0.05, 0) is 68.4 Å². The van der Waals surface area contributed by atoms with Crippen molar-refractivity contribution in [1.29, 1.82) is 0 Å². The summed E-state index contributed by atoms with van der Waals surface area (Å²) < 4.78 is 6.80. The van der Waals surface area contributed by atoms with E-state index in [1.54, 1.807) is 0 Å². The van der Waals surface area contributed by atoms with Crippen LogP contribution in [0.4, 0.5) is 0 Å². The number of quaternary nitrogens is 1. The van der Waals surface area contributed by atoms with E-state index < -0.39 is 11.0 Å². The number of benzene rings is 1. The maximum Gasteiger partial charge on any atom is 0.279 e. The summed E-state index contributed by atoms with van der Waals surface area (Å²) in [4.78, 5) is 30.7. The summed E-state index contributed by atoms with van der Waals surface area (Å²) in [5.74, 6) is 0.811. The first-order valence-corrected chi connectivity index (χ1v) is 13.6. The molecular formula is C29H41N4O3+. The quantitative estimate of drug-likeness (QED) is 0.493. The van der Waals surface area contributed by atoms with E-state index in [4.69, 9.17) is 21.2 Å². The fraction of sp³-hybridized carbons (Fsp3) is 0.621. The van der Waals surface area contributed by atoms with Crippen molar-refractivity contribution in [2.45, 2.75) is 63.8 Å². The highest BCUT2D eigenvalue weighted by Gasteiger charge is 2.72. The first-order valence-electron chi connectivity index (χ1n) is 13.6. The number of fused-ring (bicyclic) bond motifs is 1. The Morgan fingerprint density at radius 1 is 1.08 bits per heavy atom. The predicted molar refractivity (Wildman–Crippen MR) is 140 cm³/mol. The Morgan fingerprint density at radius 3 is 2.42 bits per heavy atom. The number of aromatic nitrogens is 1. The van der Waals surface area contributed by atoms with E-state index in [0.717, 1.165) is 55.0 Å². The lowest BCUT2D eigenvalue weighted by molar-refractivity contribution is -0.943. The van der Waals surface area contributed by atoms with Crippen LogP contribution in [0.3, 0.4) is 0 Å². The van der Waals surface area contributed by atoms with Crippen molar-refractivity contribution in [1.82, 2.24) is 4.98 Å². The van der Waals surface area contributed by atoms with Gasteiger partial charge in [0.2, 0.25) is 11.8 Å². The van der Waals surface area contributed by atoms with Crippen LogP contribution >= 0.6 is 0 Å². The average molecular weight is 494 g/mol. The minimum absolute atomic E-state index is 0.0695. The number of primary amides is 2. The Hall–Kier alpha value is -2.67. The molecule has 4 N–H and O–H groups in total. The number of aryl methyl sites for hydroxylation is 1. The molecule has 0 spiro atoms. The predicted octanol–water partition coefficient (Wildman–Crippen LogP) is 3.57. The normalized spacial score (nSPS) is 31.0. The first kappa shape index (κ1) is 25.0. The number of hydrogen-bond donors (Lipinski definition) is 2. The Balaban J connectivity index is 1.39. The molecule has 4 fully saturated rings. The first-order chi connectivity index (χ1) is 17.1. The van der Waals surface area contributed by atoms with Crippen LogP contribution in [0.2, 0.25) is 0 Å². The zero-order valence-electron chi connectivity index (χ0n) is 22.0. The third-order valence-electron chi connectivity index (χ3n) is 9.79. The average Bonchev–Trinajstić information content (AvgIpc) is 2.81. The summed E-state index contributed by atoms with van der Waals surface area (Å²) in [6.45, 7) is 3.24. The molecule has 4 aliphatic carbocycles. The van der Waals surface area contributed by atoms with Crippen molar-refractivity contribution in [2.24, 2.45) is 34.6 Å². The molecular weight excluding hydrogens is 452 g/mol. The number of amides is 2. The highest BCUT2D eigenvalue weighted by atomic mass is 16.5. The van der Waals surface area contributed by atoms with Crippen molar-refractivity contribution in [3.05, 3.63) is 36.0 Å². The van der Waals surface area contributed by atoms with Gasteiger partial charge in [0.05, 0.1) is 19.5 Å². The molecule has 36 heavy (non-hydrogen) atoms. The zero-order chi connectivity index (χ0) is 25.7. The van der Waals surface area contributed by atoms with Gasteiger partial charge in [-0.25, -0.2) is 4.98 Å². The summed E-state index contributed by atoms with van der Waals surface area (Å²) in [5.41, 5.74) is 12.0. The molecule has 4 bridgehead atoms. The van der Waals surface area contributed by atoms with E-state index in [1.807, 2.05) is 18.2 Å². The Morgan fingerprint density at radius 2 is 1.78 bits per heavy atom. The maximum atomic E-state index is 13.3. The molecule has 0 saturated heterocycles. The molecule has 194 valence electrons. The number of nitrogens with two attached hydrogens (primary N) is 2. The Labute approximate surface area is 214 Å². The topological polar surface area (TPSA) is 108 Å². The van der Waals surface area contributed by atoms with Crippen LogP contribution < -0.4 is 16.2 Å². The standard InChI is InChI=1S/C29H40N4O3/c1-4-5-9-23-15-20-8-6-7-10-24(20)25(32-23)36-12-11-33(2,3)29(27(31)35)21-13-19-14-22(29)18-28(16-19,17-21)26(30)34/h6-8,10,15,19,21-22H,4-5,9,11-14,16-18H2,1-3H3,(H3-,30,31,34,35)/p+1. The molecule has 0 aliphatic heterocycles. The van der Waals surface area contributed by atoms with E-state index in [-0.39, 0.29) is 23.7 Å². The van der Waals surface area contributed by atoms with E-state index in [0.29, 0.717) is 42.3 Å². The van der Waals surface area contributed by atoms with Gasteiger partial charge in [0, 0.05) is 22.9 Å². The van der Waals surface area contributed by atoms with Crippen molar-refractivity contribution < 1.29 is 18.8 Å². The van der Waals surface area contributed by atoms with Crippen molar-refractivity contribution in [3.8, 4) is 5.88 Å². The van der Waals surface area contributed by atoms with Gasteiger partial charge in [0.25, 0.3) is 5.91 Å². The summed E-state index contributed by atoms with van der Waals surface area (Å²) in [5, 5.41) is 2.14. The number of hydrogen-bond acceptors (Lipinski definition) is 4. The van der Waals surface area contributed by atoms with Gasteiger partial charge in [-0.2, -0.15) is 0 Å². The molecule has 1 heterocycles. The van der Waals surface area contributed by atoms with Crippen molar-refractivity contribution in [2.75, 3.05) is 27.2 Å². The smallest absolute Gasteiger partial charge is 0.279 e. The molecule has 1 aromatic carbocycles. The van der Waals surface area contributed by atoms with Gasteiger partial charge in [0.15, 0.2) is 5.54 Å². The molecule has 6 rings (SSSR count). The van der Waals surface area contributed by atoms with Crippen LogP contribution in [0.5, 0.6) is 5.88 Å². The van der Waals surface area contributed by atoms with Crippen LogP contribution in [-0.4, -0.2) is 54.1 Å². The molecule has 2 amide bonds. The number of nitrogens with zero attached hydrogens (tertiary/aromatic N) is 2. The van der Waals surface area contributed by atoms with Gasteiger partial charge >= 0.3 is 0 Å². The van der Waals surface area contributed by atoms with E-state index in [1.165, 1.54) is 0 Å². The molecule has 4 saturated carbocycles. The monoisotopic (exact) mass is 493 g/mol. The zero-order valence-corrected chi connectivity index (χ0v) is 22.0. The number of pyridine rings is 1. The van der Waals surface area contributed by atoms with E-state index >= 15 is 0 Å². The lowest BCUT2D eigenvalue weighted by atomic mass is 9.42. The lowest BCUT2D eigenvalue weighted by Gasteiger charge is -2.66. The number of rotatable bonds is 10. The molecule has 7 heteroatoms. The second-order valence-corrected chi connectivity index (χ2v) is 12.2. The van der Waals surface area contributed by atoms with Gasteiger partial charge in [-0.15, -0.1) is 0 Å². The fourth-order valence-corrected chi connectivity index (χ4v) is 8.35. The Bertz CT molecular complexity index is 1160. The van der Waals surface area contributed by atoms with Crippen LogP contribution in [0.25, 0.3) is 10.8 Å². The molecule has 4 aliphatic rings. The van der Waals surface area contributed by atoms with Crippen LogP contribution in [-0.2, 0) is 16.0 Å². The molecule has 7 nitrogen and oxygen atoms in total. The third-order valence-corrected chi connectivity index (χ3v) is 9.79. The minimum atomic E-state index is -0.711. The molecule has 2 aromatic rings. The van der Waals surface area contributed by atoms with Crippen LogP contribution in [0.1, 0.15) is 57.6 Å². The number of ether oxygens (including phenoxy) is 1.